The molecule has 5 nitrogen and oxygen atoms in total. The molecule has 1 saturated heterocycles. The van der Waals surface area contributed by atoms with Gasteiger partial charge in [-0.15, -0.1) is 0 Å². The van der Waals surface area contributed by atoms with Gasteiger partial charge in [-0.2, -0.15) is 0 Å². The minimum Gasteiger partial charge on any atom is -0.496 e. The predicted molar refractivity (Wildman–Crippen MR) is 97.9 cm³/mol. The van der Waals surface area contributed by atoms with Crippen molar-refractivity contribution >= 4 is 11.4 Å². The summed E-state index contributed by atoms with van der Waals surface area (Å²) in [6, 6.07) is 14.2. The molecule has 1 fully saturated rings. The Bertz CT molecular complexity index is 655. The molecule has 0 radical (unpaired) electrons. The van der Waals surface area contributed by atoms with Crippen molar-refractivity contribution in [2.45, 2.75) is 19.4 Å². The maximum absolute atomic E-state index is 5.62. The minimum atomic E-state index is 0.634. The Morgan fingerprint density at radius 2 is 1.67 bits per heavy atom. The number of hydrogen-bond donors (Lipinski definition) is 2. The molecule has 1 heterocycles. The second-order valence-corrected chi connectivity index (χ2v) is 5.87. The highest BCUT2D eigenvalue weighted by molar-refractivity contribution is 5.64. The fraction of sp³-hybridized carbons (Fsp3) is 0.368. The van der Waals surface area contributed by atoms with Gasteiger partial charge in [0.1, 0.15) is 11.5 Å². The van der Waals surface area contributed by atoms with Crippen LogP contribution in [0.5, 0.6) is 11.5 Å². The first-order valence-corrected chi connectivity index (χ1v) is 8.35. The molecular weight excluding hydrogens is 302 g/mol. The number of para-hydroxylation sites is 1. The third-order valence-corrected chi connectivity index (χ3v) is 4.31. The number of rotatable bonds is 7. The molecule has 24 heavy (non-hydrogen) atoms. The van der Waals surface area contributed by atoms with Gasteiger partial charge in [-0.1, -0.05) is 18.2 Å². The van der Waals surface area contributed by atoms with Crippen molar-refractivity contribution < 1.29 is 9.47 Å². The van der Waals surface area contributed by atoms with E-state index in [1.54, 1.807) is 14.2 Å². The topological polar surface area (TPSA) is 45.8 Å². The van der Waals surface area contributed by atoms with Gasteiger partial charge >= 0.3 is 0 Å². The number of methoxy groups -OCH3 is 2. The summed E-state index contributed by atoms with van der Waals surface area (Å²) in [7, 11) is 3.44. The Morgan fingerprint density at radius 3 is 2.33 bits per heavy atom. The highest BCUT2D eigenvalue weighted by atomic mass is 16.5. The van der Waals surface area contributed by atoms with Crippen LogP contribution in [0.1, 0.15) is 18.4 Å². The normalized spacial score (nSPS) is 13.8. The van der Waals surface area contributed by atoms with Gasteiger partial charge in [-0.3, -0.25) is 0 Å². The average Bonchev–Trinajstić information content (AvgIpc) is 3.16. The third kappa shape index (κ3) is 3.74. The van der Waals surface area contributed by atoms with Crippen LogP contribution in [-0.2, 0) is 6.54 Å². The summed E-state index contributed by atoms with van der Waals surface area (Å²) in [4.78, 5) is 2.36. The number of anilines is 2. The van der Waals surface area contributed by atoms with Crippen molar-refractivity contribution in [3.05, 3.63) is 48.0 Å². The van der Waals surface area contributed by atoms with Crippen LogP contribution in [0.4, 0.5) is 11.4 Å². The van der Waals surface area contributed by atoms with Gasteiger partial charge < -0.3 is 19.8 Å². The van der Waals surface area contributed by atoms with E-state index in [1.807, 2.05) is 30.3 Å². The van der Waals surface area contributed by atoms with E-state index in [9.17, 15) is 0 Å². The van der Waals surface area contributed by atoms with E-state index >= 15 is 0 Å². The van der Waals surface area contributed by atoms with E-state index < -0.39 is 0 Å². The lowest BCUT2D eigenvalue weighted by molar-refractivity contribution is 0.398. The zero-order valence-corrected chi connectivity index (χ0v) is 14.3. The largest absolute Gasteiger partial charge is 0.496 e. The Kier molecular flexibility index (Phi) is 5.43. The molecule has 128 valence electrons. The molecule has 2 aromatic rings. The molecule has 0 aliphatic carbocycles. The molecular formula is C19H25N3O2. The van der Waals surface area contributed by atoms with Crippen LogP contribution in [0.3, 0.4) is 0 Å². The van der Waals surface area contributed by atoms with Crippen molar-refractivity contribution in [1.29, 1.82) is 0 Å². The van der Waals surface area contributed by atoms with Gasteiger partial charge in [-0.25, -0.2) is 5.43 Å². The van der Waals surface area contributed by atoms with Crippen LogP contribution in [0.25, 0.3) is 0 Å². The molecule has 0 bridgehead atoms. The lowest BCUT2D eigenvalue weighted by Crippen LogP contribution is -2.22. The van der Waals surface area contributed by atoms with Gasteiger partial charge in [0.15, 0.2) is 0 Å². The van der Waals surface area contributed by atoms with Crippen LogP contribution in [0, 0.1) is 0 Å². The van der Waals surface area contributed by atoms with Gasteiger partial charge in [0.05, 0.1) is 19.9 Å². The molecule has 0 aromatic heterocycles. The van der Waals surface area contributed by atoms with E-state index in [4.69, 9.17) is 9.47 Å². The SMILES string of the molecule is COc1cc(N2CCCC2)c(OC)cc1CNNc1ccccc1. The summed E-state index contributed by atoms with van der Waals surface area (Å²) in [6.07, 6.45) is 2.46. The smallest absolute Gasteiger partial charge is 0.142 e. The van der Waals surface area contributed by atoms with Crippen LogP contribution in [0.15, 0.2) is 42.5 Å². The molecule has 1 aliphatic rings. The number of benzene rings is 2. The van der Waals surface area contributed by atoms with Crippen LogP contribution < -0.4 is 25.2 Å². The van der Waals surface area contributed by atoms with E-state index in [-0.39, 0.29) is 0 Å². The van der Waals surface area contributed by atoms with Crippen molar-refractivity contribution in [2.75, 3.05) is 37.6 Å². The average molecular weight is 327 g/mol. The lowest BCUT2D eigenvalue weighted by atomic mass is 10.1. The van der Waals surface area contributed by atoms with E-state index in [2.05, 4.69) is 27.9 Å². The second kappa shape index (κ2) is 7.93. The molecule has 5 heteroatoms. The second-order valence-electron chi connectivity index (χ2n) is 5.87. The fourth-order valence-electron chi connectivity index (χ4n) is 3.05. The van der Waals surface area contributed by atoms with Gasteiger partial charge in [0.2, 0.25) is 0 Å². The van der Waals surface area contributed by atoms with E-state index in [0.29, 0.717) is 6.54 Å². The zero-order valence-electron chi connectivity index (χ0n) is 14.3. The summed E-state index contributed by atoms with van der Waals surface area (Å²) in [6.45, 7) is 2.79. The molecule has 0 amide bonds. The molecule has 0 atom stereocenters. The predicted octanol–water partition coefficient (Wildman–Crippen LogP) is 3.42. The Balaban J connectivity index is 1.74. The zero-order chi connectivity index (χ0) is 16.8. The van der Waals surface area contributed by atoms with Crippen LogP contribution in [0.2, 0.25) is 0 Å². The van der Waals surface area contributed by atoms with Crippen molar-refractivity contribution in [3.63, 3.8) is 0 Å². The highest BCUT2D eigenvalue weighted by Gasteiger charge is 2.19. The number of hydrogen-bond acceptors (Lipinski definition) is 5. The number of nitrogens with one attached hydrogen (secondary N) is 2. The highest BCUT2D eigenvalue weighted by Crippen LogP contribution is 2.37. The van der Waals surface area contributed by atoms with Gasteiger partial charge in [-0.05, 0) is 31.0 Å². The first kappa shape index (κ1) is 16.5. The van der Waals surface area contributed by atoms with E-state index in [1.165, 1.54) is 12.8 Å². The summed E-state index contributed by atoms with van der Waals surface area (Å²) >= 11 is 0. The van der Waals surface area contributed by atoms with Crippen LogP contribution >= 0.6 is 0 Å². The third-order valence-electron chi connectivity index (χ3n) is 4.31. The number of hydrazine groups is 1. The van der Waals surface area contributed by atoms with Crippen molar-refractivity contribution in [2.24, 2.45) is 0 Å². The number of nitrogens with zero attached hydrogens (tertiary/aromatic N) is 1. The van der Waals surface area contributed by atoms with Crippen molar-refractivity contribution in [3.8, 4) is 11.5 Å². The molecule has 2 aromatic carbocycles. The summed E-state index contributed by atoms with van der Waals surface area (Å²) in [5, 5.41) is 0. The minimum absolute atomic E-state index is 0.634. The first-order chi connectivity index (χ1) is 11.8. The quantitative estimate of drug-likeness (QED) is 0.763. The van der Waals surface area contributed by atoms with Gasteiger partial charge in [0, 0.05) is 37.0 Å². The number of ether oxygens (including phenoxy) is 2. The van der Waals surface area contributed by atoms with Gasteiger partial charge in [0.25, 0.3) is 0 Å². The maximum atomic E-state index is 5.62. The molecule has 0 unspecified atom stereocenters. The summed E-state index contributed by atoms with van der Waals surface area (Å²) < 4.78 is 11.2. The summed E-state index contributed by atoms with van der Waals surface area (Å²) in [5.74, 6) is 1.77. The lowest BCUT2D eigenvalue weighted by Gasteiger charge is -2.23. The Hall–Kier alpha value is -2.40. The standard InChI is InChI=1S/C19H25N3O2/c1-23-18-13-17(22-10-6-7-11-22)19(24-2)12-15(18)14-20-21-16-8-4-3-5-9-16/h3-5,8-9,12-13,20-21H,6-7,10-11,14H2,1-2H3. The molecule has 0 spiro atoms. The van der Waals surface area contributed by atoms with Crippen LogP contribution in [-0.4, -0.2) is 27.3 Å². The van der Waals surface area contributed by atoms with E-state index in [0.717, 1.165) is 41.5 Å². The Labute approximate surface area is 143 Å². The molecule has 2 N–H and O–H groups in total. The maximum Gasteiger partial charge on any atom is 0.142 e. The molecule has 1 aliphatic heterocycles. The molecule has 0 saturated carbocycles. The fourth-order valence-corrected chi connectivity index (χ4v) is 3.05. The first-order valence-electron chi connectivity index (χ1n) is 8.35. The summed E-state index contributed by atoms with van der Waals surface area (Å²) in [5.41, 5.74) is 9.63. The Morgan fingerprint density at radius 1 is 0.958 bits per heavy atom. The monoisotopic (exact) mass is 327 g/mol. The van der Waals surface area contributed by atoms with Crippen molar-refractivity contribution in [1.82, 2.24) is 5.43 Å². The molecule has 3 rings (SSSR count).